The zero-order valence-electron chi connectivity index (χ0n) is 11.2. The van der Waals surface area contributed by atoms with Gasteiger partial charge in [-0.2, -0.15) is 5.10 Å². The van der Waals surface area contributed by atoms with Crippen LogP contribution in [0.25, 0.3) is 10.9 Å². The molecule has 0 saturated heterocycles. The molecule has 0 amide bonds. The van der Waals surface area contributed by atoms with Crippen molar-refractivity contribution < 1.29 is 14.3 Å². The minimum absolute atomic E-state index is 0.0635. The van der Waals surface area contributed by atoms with Crippen molar-refractivity contribution in [3.63, 3.8) is 0 Å². The molecule has 0 bridgehead atoms. The van der Waals surface area contributed by atoms with Crippen LogP contribution < -0.4 is 0 Å². The first-order valence-electron chi connectivity index (χ1n) is 6.37. The van der Waals surface area contributed by atoms with Crippen LogP contribution >= 0.6 is 0 Å². The highest BCUT2D eigenvalue weighted by atomic mass is 16.7. The van der Waals surface area contributed by atoms with Gasteiger partial charge in [-0.15, -0.1) is 0 Å². The average Bonchev–Trinajstić information content (AvgIpc) is 2.79. The van der Waals surface area contributed by atoms with Crippen molar-refractivity contribution in [3.05, 3.63) is 30.5 Å². The molecule has 5 heteroatoms. The Kier molecular flexibility index (Phi) is 4.39. The van der Waals surface area contributed by atoms with E-state index >= 15 is 0 Å². The third-order valence-electron chi connectivity index (χ3n) is 2.77. The molecule has 1 heterocycles. The first kappa shape index (κ1) is 13.4. The Labute approximate surface area is 112 Å². The number of ether oxygens (including phenoxy) is 2. The minimum atomic E-state index is -0.653. The summed E-state index contributed by atoms with van der Waals surface area (Å²) in [4.78, 5) is 11.4. The maximum absolute atomic E-state index is 11.4. The van der Waals surface area contributed by atoms with Gasteiger partial charge in [0, 0.05) is 5.39 Å². The van der Waals surface area contributed by atoms with Gasteiger partial charge in [-0.25, -0.2) is 9.48 Å². The van der Waals surface area contributed by atoms with Crippen molar-refractivity contribution in [2.24, 2.45) is 5.92 Å². The minimum Gasteiger partial charge on any atom is -0.434 e. The van der Waals surface area contributed by atoms with Crippen LogP contribution in [0, 0.1) is 5.92 Å². The second-order valence-electron chi connectivity index (χ2n) is 4.76. The molecule has 0 aliphatic carbocycles. The van der Waals surface area contributed by atoms with Gasteiger partial charge in [0.2, 0.25) is 0 Å². The monoisotopic (exact) mass is 262 g/mol. The molecule has 2 aromatic rings. The van der Waals surface area contributed by atoms with Gasteiger partial charge in [0.25, 0.3) is 0 Å². The summed E-state index contributed by atoms with van der Waals surface area (Å²) in [7, 11) is 0. The average molecular weight is 262 g/mol. The number of hydrogen-bond acceptors (Lipinski definition) is 4. The molecule has 0 aliphatic rings. The Bertz CT molecular complexity index is 548. The van der Waals surface area contributed by atoms with E-state index in [0.717, 1.165) is 17.3 Å². The Morgan fingerprint density at radius 2 is 2.11 bits per heavy atom. The summed E-state index contributed by atoms with van der Waals surface area (Å²) < 4.78 is 11.6. The summed E-state index contributed by atoms with van der Waals surface area (Å²) in [6.45, 7) is 4.60. The van der Waals surface area contributed by atoms with Gasteiger partial charge >= 0.3 is 6.16 Å². The third kappa shape index (κ3) is 3.71. The fraction of sp³-hybridized carbons (Fsp3) is 0.429. The third-order valence-corrected chi connectivity index (χ3v) is 2.77. The molecule has 0 atom stereocenters. The molecule has 0 radical (unpaired) electrons. The van der Waals surface area contributed by atoms with E-state index in [1.54, 1.807) is 10.9 Å². The SMILES string of the molecule is CC(C)CCOC(=O)OCn1ncc2ccccc21. The maximum Gasteiger partial charge on any atom is 0.510 e. The molecule has 0 N–H and O–H groups in total. The van der Waals surface area contributed by atoms with Gasteiger partial charge in [-0.3, -0.25) is 0 Å². The lowest BCUT2D eigenvalue weighted by Gasteiger charge is -2.08. The lowest BCUT2D eigenvalue weighted by atomic mass is 10.1. The van der Waals surface area contributed by atoms with Crippen LogP contribution in [0.5, 0.6) is 0 Å². The normalized spacial score (nSPS) is 10.9. The molecule has 0 fully saturated rings. The Hall–Kier alpha value is -2.04. The number of carbonyl (C=O) groups excluding carboxylic acids is 1. The number of carbonyl (C=O) groups is 1. The molecule has 5 nitrogen and oxygen atoms in total. The van der Waals surface area contributed by atoms with E-state index in [1.165, 1.54) is 0 Å². The summed E-state index contributed by atoms with van der Waals surface area (Å²) in [5.41, 5.74) is 0.928. The number of aromatic nitrogens is 2. The Morgan fingerprint density at radius 1 is 1.32 bits per heavy atom. The molecule has 0 saturated carbocycles. The topological polar surface area (TPSA) is 53.4 Å². The van der Waals surface area contributed by atoms with Gasteiger partial charge in [0.1, 0.15) is 0 Å². The lowest BCUT2D eigenvalue weighted by molar-refractivity contribution is 0.0295. The van der Waals surface area contributed by atoms with E-state index in [0.29, 0.717) is 12.5 Å². The Morgan fingerprint density at radius 3 is 2.89 bits per heavy atom. The zero-order valence-corrected chi connectivity index (χ0v) is 11.2. The van der Waals surface area contributed by atoms with Crippen LogP contribution in [0.4, 0.5) is 4.79 Å². The summed E-state index contributed by atoms with van der Waals surface area (Å²) >= 11 is 0. The summed E-state index contributed by atoms with van der Waals surface area (Å²) in [5, 5.41) is 5.17. The zero-order chi connectivity index (χ0) is 13.7. The number of fused-ring (bicyclic) bond motifs is 1. The highest BCUT2D eigenvalue weighted by molar-refractivity contribution is 5.78. The van der Waals surface area contributed by atoms with E-state index in [9.17, 15) is 4.79 Å². The smallest absolute Gasteiger partial charge is 0.434 e. The number of benzene rings is 1. The fourth-order valence-corrected chi connectivity index (χ4v) is 1.66. The molecular formula is C14H18N2O3. The molecule has 102 valence electrons. The highest BCUT2D eigenvalue weighted by Gasteiger charge is 2.07. The molecule has 1 aromatic carbocycles. The first-order chi connectivity index (χ1) is 9.16. The maximum atomic E-state index is 11.4. The first-order valence-corrected chi connectivity index (χ1v) is 6.37. The second kappa shape index (κ2) is 6.22. The number of hydrogen-bond donors (Lipinski definition) is 0. The number of rotatable bonds is 5. The van der Waals surface area contributed by atoms with Crippen molar-refractivity contribution in [2.45, 2.75) is 27.0 Å². The van der Waals surface area contributed by atoms with Crippen molar-refractivity contribution in [1.29, 1.82) is 0 Å². The van der Waals surface area contributed by atoms with E-state index < -0.39 is 6.16 Å². The number of para-hydroxylation sites is 1. The van der Waals surface area contributed by atoms with Crippen molar-refractivity contribution in [3.8, 4) is 0 Å². The standard InChI is InChI=1S/C14H18N2O3/c1-11(2)7-8-18-14(17)19-10-16-13-6-4-3-5-12(13)9-15-16/h3-6,9,11H,7-8,10H2,1-2H3. The summed E-state index contributed by atoms with van der Waals surface area (Å²) in [6, 6.07) is 7.74. The van der Waals surface area contributed by atoms with Crippen LogP contribution in [-0.4, -0.2) is 22.5 Å². The van der Waals surface area contributed by atoms with Gasteiger partial charge in [0.05, 0.1) is 18.3 Å². The molecular weight excluding hydrogens is 244 g/mol. The van der Waals surface area contributed by atoms with Crippen LogP contribution in [0.3, 0.4) is 0 Å². The quantitative estimate of drug-likeness (QED) is 0.776. The van der Waals surface area contributed by atoms with Gasteiger partial charge in [-0.05, 0) is 18.4 Å². The van der Waals surface area contributed by atoms with E-state index in [4.69, 9.17) is 9.47 Å². The van der Waals surface area contributed by atoms with Crippen molar-refractivity contribution in [2.75, 3.05) is 6.61 Å². The van der Waals surface area contributed by atoms with Crippen LogP contribution in [0.2, 0.25) is 0 Å². The molecule has 19 heavy (non-hydrogen) atoms. The van der Waals surface area contributed by atoms with Gasteiger partial charge in [0.15, 0.2) is 6.73 Å². The molecule has 0 spiro atoms. The predicted molar refractivity (Wildman–Crippen MR) is 71.6 cm³/mol. The summed E-state index contributed by atoms with van der Waals surface area (Å²) in [5.74, 6) is 0.503. The largest absolute Gasteiger partial charge is 0.510 e. The van der Waals surface area contributed by atoms with Gasteiger partial charge in [-0.1, -0.05) is 32.0 Å². The van der Waals surface area contributed by atoms with Gasteiger partial charge < -0.3 is 9.47 Å². The van der Waals surface area contributed by atoms with Crippen molar-refractivity contribution in [1.82, 2.24) is 9.78 Å². The molecule has 1 aromatic heterocycles. The number of nitrogens with zero attached hydrogens (tertiary/aromatic N) is 2. The van der Waals surface area contributed by atoms with Crippen molar-refractivity contribution >= 4 is 17.1 Å². The summed E-state index contributed by atoms with van der Waals surface area (Å²) in [6.07, 6.45) is 1.92. The van der Waals surface area contributed by atoms with E-state index in [-0.39, 0.29) is 6.73 Å². The van der Waals surface area contributed by atoms with Crippen LogP contribution in [0.1, 0.15) is 20.3 Å². The fourth-order valence-electron chi connectivity index (χ4n) is 1.66. The molecule has 2 rings (SSSR count). The highest BCUT2D eigenvalue weighted by Crippen LogP contribution is 2.12. The molecule has 0 aliphatic heterocycles. The van der Waals surface area contributed by atoms with Crippen LogP contribution in [-0.2, 0) is 16.2 Å². The van der Waals surface area contributed by atoms with E-state index in [1.807, 2.05) is 24.3 Å². The molecule has 0 unspecified atom stereocenters. The van der Waals surface area contributed by atoms with Crippen LogP contribution in [0.15, 0.2) is 30.5 Å². The Balaban J connectivity index is 1.83. The lowest BCUT2D eigenvalue weighted by Crippen LogP contribution is -2.13. The second-order valence-corrected chi connectivity index (χ2v) is 4.76. The predicted octanol–water partition coefficient (Wildman–Crippen LogP) is 3.19. The van der Waals surface area contributed by atoms with E-state index in [2.05, 4.69) is 18.9 Å².